The highest BCUT2D eigenvalue weighted by atomic mass is 15.3. The van der Waals surface area contributed by atoms with Gasteiger partial charge in [-0.2, -0.15) is 5.10 Å². The Labute approximate surface area is 187 Å². The van der Waals surface area contributed by atoms with Crippen LogP contribution in [0.4, 0.5) is 11.4 Å². The van der Waals surface area contributed by atoms with Gasteiger partial charge >= 0.3 is 0 Å². The Morgan fingerprint density at radius 2 is 1.84 bits per heavy atom. The van der Waals surface area contributed by atoms with E-state index in [1.807, 2.05) is 71.2 Å². The molecule has 2 N–H and O–H groups in total. The predicted octanol–water partition coefficient (Wildman–Crippen LogP) is 6.05. The summed E-state index contributed by atoms with van der Waals surface area (Å²) >= 11 is 0. The fourth-order valence-corrected chi connectivity index (χ4v) is 2.67. The van der Waals surface area contributed by atoms with Crippen LogP contribution in [0.1, 0.15) is 34.6 Å². The van der Waals surface area contributed by atoms with E-state index in [-0.39, 0.29) is 0 Å². The molecular formula is C25H36N6. The lowest BCUT2D eigenvalue weighted by atomic mass is 10.1. The van der Waals surface area contributed by atoms with E-state index < -0.39 is 0 Å². The third kappa shape index (κ3) is 8.46. The van der Waals surface area contributed by atoms with Crippen LogP contribution in [0, 0.1) is 0 Å². The first-order valence-electron chi connectivity index (χ1n) is 10.9. The molecule has 0 fully saturated rings. The maximum atomic E-state index is 4.69. The van der Waals surface area contributed by atoms with Gasteiger partial charge in [0.25, 0.3) is 0 Å². The van der Waals surface area contributed by atoms with E-state index in [1.54, 1.807) is 17.3 Å². The molecule has 31 heavy (non-hydrogen) atoms. The number of rotatable bonds is 9. The smallest absolute Gasteiger partial charge is 0.137 e. The fraction of sp³-hybridized carbons (Fsp3) is 0.320. The number of allylic oxidation sites excluding steroid dienone is 1. The first-order chi connectivity index (χ1) is 15.3. The summed E-state index contributed by atoms with van der Waals surface area (Å²) in [5.41, 5.74) is 5.08. The molecule has 0 aliphatic rings. The second-order valence-electron chi connectivity index (χ2n) is 5.99. The number of aromatic nitrogens is 4. The molecule has 1 aromatic carbocycles. The van der Waals surface area contributed by atoms with Gasteiger partial charge in [-0.15, -0.1) is 0 Å². The number of hydrogen-bond donors (Lipinski definition) is 2. The molecule has 6 heteroatoms. The van der Waals surface area contributed by atoms with Crippen molar-refractivity contribution < 1.29 is 0 Å². The molecular weight excluding hydrogens is 384 g/mol. The number of anilines is 2. The van der Waals surface area contributed by atoms with Gasteiger partial charge in [0.2, 0.25) is 0 Å². The Kier molecular flexibility index (Phi) is 12.8. The van der Waals surface area contributed by atoms with Gasteiger partial charge in [0, 0.05) is 18.7 Å². The average Bonchev–Trinajstić information content (AvgIpc) is 3.37. The quantitative estimate of drug-likeness (QED) is 0.413. The number of nitrogens with zero attached hydrogens (tertiary/aromatic N) is 4. The predicted molar refractivity (Wildman–Crippen MR) is 133 cm³/mol. The van der Waals surface area contributed by atoms with Crippen molar-refractivity contribution in [1.29, 1.82) is 0 Å². The van der Waals surface area contributed by atoms with Gasteiger partial charge in [0.15, 0.2) is 0 Å². The van der Waals surface area contributed by atoms with E-state index in [4.69, 9.17) is 0 Å². The van der Waals surface area contributed by atoms with Crippen LogP contribution in [0.2, 0.25) is 0 Å². The van der Waals surface area contributed by atoms with Crippen molar-refractivity contribution in [2.24, 2.45) is 0 Å². The number of nitrogens with one attached hydrogen (secondary N) is 2. The Morgan fingerprint density at radius 1 is 1.10 bits per heavy atom. The summed E-state index contributed by atoms with van der Waals surface area (Å²) in [7, 11) is 0. The maximum absolute atomic E-state index is 4.69. The molecule has 3 rings (SSSR count). The minimum absolute atomic E-state index is 0.713. The molecule has 0 radical (unpaired) electrons. The molecule has 166 valence electrons. The van der Waals surface area contributed by atoms with Gasteiger partial charge < -0.3 is 10.6 Å². The highest BCUT2D eigenvalue weighted by Gasteiger charge is 2.08. The summed E-state index contributed by atoms with van der Waals surface area (Å²) < 4.78 is 1.80. The second-order valence-corrected chi connectivity index (χ2v) is 5.99. The van der Waals surface area contributed by atoms with Crippen LogP contribution in [-0.2, 0) is 6.54 Å². The van der Waals surface area contributed by atoms with Crippen molar-refractivity contribution in [2.75, 3.05) is 23.7 Å². The molecule has 0 spiro atoms. The molecule has 0 unspecified atom stereocenters. The minimum Gasteiger partial charge on any atom is -0.381 e. The van der Waals surface area contributed by atoms with Crippen LogP contribution in [0.25, 0.3) is 11.3 Å². The zero-order valence-electron chi connectivity index (χ0n) is 19.5. The minimum atomic E-state index is 0.713. The lowest BCUT2D eigenvalue weighted by Crippen LogP contribution is -2.12. The Morgan fingerprint density at radius 3 is 2.45 bits per heavy atom. The molecule has 6 nitrogen and oxygen atoms in total. The van der Waals surface area contributed by atoms with Crippen LogP contribution in [0.15, 0.2) is 79.6 Å². The van der Waals surface area contributed by atoms with Crippen molar-refractivity contribution in [3.05, 3.63) is 79.6 Å². The van der Waals surface area contributed by atoms with Crippen molar-refractivity contribution in [3.8, 4) is 11.3 Å². The number of pyridine rings is 1. The van der Waals surface area contributed by atoms with Crippen molar-refractivity contribution in [3.63, 3.8) is 0 Å². The monoisotopic (exact) mass is 420 g/mol. The highest BCUT2D eigenvalue weighted by Crippen LogP contribution is 2.28. The molecule has 0 bridgehead atoms. The summed E-state index contributed by atoms with van der Waals surface area (Å²) in [6, 6.07) is 12.3. The van der Waals surface area contributed by atoms with Gasteiger partial charge in [-0.05, 0) is 18.6 Å². The van der Waals surface area contributed by atoms with E-state index in [2.05, 4.69) is 50.5 Å². The summed E-state index contributed by atoms with van der Waals surface area (Å²) in [5, 5.41) is 11.0. The SMILES string of the molecule is C=C/C(=C\C)CNc1cnc(-c2ccccc2)c(NCCn2cncn2)c1.CC.CC. The molecule has 0 aliphatic carbocycles. The van der Waals surface area contributed by atoms with Gasteiger partial charge in [-0.1, -0.05) is 76.8 Å². The molecule has 0 amide bonds. The third-order valence-electron chi connectivity index (χ3n) is 4.19. The average molecular weight is 421 g/mol. The first kappa shape index (κ1) is 25.6. The first-order valence-corrected chi connectivity index (χ1v) is 10.9. The van der Waals surface area contributed by atoms with Gasteiger partial charge in [0.05, 0.1) is 29.8 Å². The molecule has 2 heterocycles. The van der Waals surface area contributed by atoms with Crippen LogP contribution in [0.3, 0.4) is 0 Å². The fourth-order valence-electron chi connectivity index (χ4n) is 2.67. The zero-order chi connectivity index (χ0) is 22.9. The largest absolute Gasteiger partial charge is 0.381 e. The molecule has 0 aliphatic heterocycles. The molecule has 0 saturated heterocycles. The van der Waals surface area contributed by atoms with E-state index in [9.17, 15) is 0 Å². The van der Waals surface area contributed by atoms with Crippen molar-refractivity contribution >= 4 is 11.4 Å². The number of hydrogen-bond acceptors (Lipinski definition) is 5. The zero-order valence-corrected chi connectivity index (χ0v) is 19.5. The lowest BCUT2D eigenvalue weighted by molar-refractivity contribution is 0.636. The summed E-state index contributed by atoms with van der Waals surface area (Å²) in [4.78, 5) is 8.66. The van der Waals surface area contributed by atoms with Crippen LogP contribution in [0.5, 0.6) is 0 Å². The normalized spacial score (nSPS) is 10.2. The summed E-state index contributed by atoms with van der Waals surface area (Å²) in [6.07, 6.45) is 9.02. The number of benzene rings is 1. The van der Waals surface area contributed by atoms with Gasteiger partial charge in [-0.3, -0.25) is 9.67 Å². The van der Waals surface area contributed by atoms with Crippen molar-refractivity contribution in [2.45, 2.75) is 41.2 Å². The lowest BCUT2D eigenvalue weighted by Gasteiger charge is -2.14. The Bertz CT molecular complexity index is 886. The molecule has 3 aromatic rings. The van der Waals surface area contributed by atoms with E-state index >= 15 is 0 Å². The molecule has 0 atom stereocenters. The van der Waals surface area contributed by atoms with Crippen molar-refractivity contribution in [1.82, 2.24) is 19.7 Å². The van der Waals surface area contributed by atoms with E-state index in [1.165, 1.54) is 0 Å². The summed E-state index contributed by atoms with van der Waals surface area (Å²) in [6.45, 7) is 16.0. The molecule has 0 saturated carbocycles. The van der Waals surface area contributed by atoms with Crippen LogP contribution < -0.4 is 10.6 Å². The van der Waals surface area contributed by atoms with E-state index in [0.29, 0.717) is 6.54 Å². The topological polar surface area (TPSA) is 67.7 Å². The Hall–Kier alpha value is -3.41. The third-order valence-corrected chi connectivity index (χ3v) is 4.19. The van der Waals surface area contributed by atoms with Gasteiger partial charge in [0.1, 0.15) is 12.7 Å². The van der Waals surface area contributed by atoms with Gasteiger partial charge in [-0.25, -0.2) is 4.98 Å². The maximum Gasteiger partial charge on any atom is 0.137 e. The van der Waals surface area contributed by atoms with Crippen LogP contribution >= 0.6 is 0 Å². The summed E-state index contributed by atoms with van der Waals surface area (Å²) in [5.74, 6) is 0. The molecule has 2 aromatic heterocycles. The second kappa shape index (κ2) is 15.4. The standard InChI is InChI=1S/C21H24N6.2C2H6/c1-3-17(4-2)13-24-19-12-20(23-10-11-27-16-22-15-26-27)21(25-14-19)18-8-6-5-7-9-18;2*1-2/h3-9,12,14-16,23-24H,1,10-11,13H2,2H3;2*1-2H3/b17-4+;;. The highest BCUT2D eigenvalue weighted by molar-refractivity contribution is 5.76. The van der Waals surface area contributed by atoms with Crippen LogP contribution in [-0.4, -0.2) is 32.8 Å². The van der Waals surface area contributed by atoms with E-state index in [0.717, 1.165) is 41.3 Å². The Balaban J connectivity index is 0.00000113.